The molecule has 15 heavy (non-hydrogen) atoms. The number of rotatable bonds is 4. The van der Waals surface area contributed by atoms with Crippen molar-refractivity contribution in [1.82, 2.24) is 9.78 Å². The van der Waals surface area contributed by atoms with Crippen LogP contribution in [0.5, 0.6) is 0 Å². The molecule has 0 fully saturated rings. The Morgan fingerprint density at radius 2 is 2.40 bits per heavy atom. The molecule has 1 unspecified atom stereocenters. The fraction of sp³-hybridized carbons (Fsp3) is 0.556. The Morgan fingerprint density at radius 1 is 1.73 bits per heavy atom. The highest BCUT2D eigenvalue weighted by atomic mass is 35.5. The van der Waals surface area contributed by atoms with Crippen molar-refractivity contribution in [2.24, 2.45) is 7.05 Å². The van der Waals surface area contributed by atoms with Gasteiger partial charge in [-0.1, -0.05) is 11.6 Å². The number of aliphatic hydroxyl groups is 1. The highest BCUT2D eigenvalue weighted by Crippen LogP contribution is 2.14. The summed E-state index contributed by atoms with van der Waals surface area (Å²) in [4.78, 5) is 11.4. The maximum atomic E-state index is 11.4. The van der Waals surface area contributed by atoms with Gasteiger partial charge in [-0.25, -0.2) is 4.68 Å². The van der Waals surface area contributed by atoms with Gasteiger partial charge in [-0.05, 0) is 13.3 Å². The highest BCUT2D eigenvalue weighted by Gasteiger charge is 2.06. The first-order chi connectivity index (χ1) is 7.02. The van der Waals surface area contributed by atoms with Crippen LogP contribution in [-0.4, -0.2) is 27.5 Å². The molecule has 5 nitrogen and oxygen atoms in total. The minimum absolute atomic E-state index is 0.123. The molecule has 0 amide bonds. The van der Waals surface area contributed by atoms with E-state index in [9.17, 15) is 4.79 Å². The molecule has 0 aromatic carbocycles. The molecule has 0 aliphatic carbocycles. The van der Waals surface area contributed by atoms with Crippen molar-refractivity contribution >= 4 is 17.3 Å². The van der Waals surface area contributed by atoms with E-state index in [1.54, 1.807) is 6.92 Å². The van der Waals surface area contributed by atoms with Gasteiger partial charge in [-0.15, -0.1) is 0 Å². The summed E-state index contributed by atoms with van der Waals surface area (Å²) in [5, 5.41) is 15.9. The van der Waals surface area contributed by atoms with Crippen LogP contribution in [0.15, 0.2) is 11.0 Å². The quantitative estimate of drug-likeness (QED) is 0.797. The molecule has 1 aromatic heterocycles. The molecule has 0 saturated carbocycles. The molecule has 1 aromatic rings. The molecule has 1 atom stereocenters. The molecule has 84 valence electrons. The van der Waals surface area contributed by atoms with Gasteiger partial charge in [0.2, 0.25) is 0 Å². The first-order valence-electron chi connectivity index (χ1n) is 4.66. The van der Waals surface area contributed by atoms with Crippen LogP contribution in [0.3, 0.4) is 0 Å². The fourth-order valence-corrected chi connectivity index (χ4v) is 1.29. The first kappa shape index (κ1) is 12.0. The number of nitrogens with one attached hydrogen (secondary N) is 1. The monoisotopic (exact) mass is 231 g/mol. The third kappa shape index (κ3) is 3.21. The molecule has 0 aliphatic rings. The van der Waals surface area contributed by atoms with Gasteiger partial charge in [-0.3, -0.25) is 4.79 Å². The number of hydrogen-bond donors (Lipinski definition) is 2. The zero-order valence-electron chi connectivity index (χ0n) is 8.70. The number of aliphatic hydroxyl groups excluding tert-OH is 1. The van der Waals surface area contributed by atoms with E-state index < -0.39 is 0 Å². The third-order valence-electron chi connectivity index (χ3n) is 1.96. The second-order valence-electron chi connectivity index (χ2n) is 3.37. The lowest BCUT2D eigenvalue weighted by atomic mass is 10.3. The Bertz CT molecular complexity index is 389. The van der Waals surface area contributed by atoms with Crippen molar-refractivity contribution in [2.75, 3.05) is 11.9 Å². The van der Waals surface area contributed by atoms with Gasteiger partial charge in [0.1, 0.15) is 5.02 Å². The van der Waals surface area contributed by atoms with Crippen LogP contribution in [0, 0.1) is 0 Å². The highest BCUT2D eigenvalue weighted by molar-refractivity contribution is 6.32. The largest absolute Gasteiger partial charge is 0.393 e. The van der Waals surface area contributed by atoms with Crippen molar-refractivity contribution in [2.45, 2.75) is 19.4 Å². The van der Waals surface area contributed by atoms with Crippen LogP contribution in [0.1, 0.15) is 13.3 Å². The Morgan fingerprint density at radius 3 is 3.00 bits per heavy atom. The van der Waals surface area contributed by atoms with Crippen molar-refractivity contribution < 1.29 is 5.11 Å². The number of nitrogens with zero attached hydrogens (tertiary/aromatic N) is 2. The van der Waals surface area contributed by atoms with E-state index >= 15 is 0 Å². The van der Waals surface area contributed by atoms with Gasteiger partial charge in [0.05, 0.1) is 18.0 Å². The van der Waals surface area contributed by atoms with Crippen LogP contribution >= 0.6 is 11.6 Å². The number of halogens is 1. The summed E-state index contributed by atoms with van der Waals surface area (Å²) in [6.45, 7) is 2.25. The summed E-state index contributed by atoms with van der Waals surface area (Å²) in [5.41, 5.74) is 0.166. The molecular formula is C9H14ClN3O2. The standard InChI is InChI=1S/C9H14ClN3O2/c1-6(14)3-4-11-7-5-12-13(2)9(15)8(7)10/h5-6,11,14H,3-4H2,1-2H3. The van der Waals surface area contributed by atoms with Crippen molar-refractivity contribution in [3.05, 3.63) is 21.6 Å². The van der Waals surface area contributed by atoms with E-state index in [2.05, 4.69) is 10.4 Å². The third-order valence-corrected chi connectivity index (χ3v) is 2.32. The van der Waals surface area contributed by atoms with Gasteiger partial charge in [0.15, 0.2) is 0 Å². The van der Waals surface area contributed by atoms with E-state index in [0.717, 1.165) is 0 Å². The number of anilines is 1. The molecule has 0 radical (unpaired) electrons. The number of aromatic nitrogens is 2. The normalized spacial score (nSPS) is 12.5. The predicted molar refractivity (Wildman–Crippen MR) is 59.3 cm³/mol. The van der Waals surface area contributed by atoms with Crippen LogP contribution in [0.2, 0.25) is 5.02 Å². The molecule has 0 saturated heterocycles. The van der Waals surface area contributed by atoms with E-state index in [4.69, 9.17) is 16.7 Å². The zero-order chi connectivity index (χ0) is 11.4. The van der Waals surface area contributed by atoms with Gasteiger partial charge in [0, 0.05) is 13.6 Å². The summed E-state index contributed by atoms with van der Waals surface area (Å²) >= 11 is 5.82. The zero-order valence-corrected chi connectivity index (χ0v) is 9.45. The summed E-state index contributed by atoms with van der Waals surface area (Å²) in [6, 6.07) is 0. The second kappa shape index (κ2) is 5.14. The van der Waals surface area contributed by atoms with Gasteiger partial charge < -0.3 is 10.4 Å². The van der Waals surface area contributed by atoms with E-state index in [-0.39, 0.29) is 16.7 Å². The Labute approximate surface area is 92.7 Å². The molecule has 2 N–H and O–H groups in total. The van der Waals surface area contributed by atoms with Crippen LogP contribution < -0.4 is 10.9 Å². The van der Waals surface area contributed by atoms with E-state index in [1.807, 2.05) is 0 Å². The lowest BCUT2D eigenvalue weighted by Crippen LogP contribution is -2.21. The molecule has 0 bridgehead atoms. The fourth-order valence-electron chi connectivity index (χ4n) is 1.05. The molecule has 6 heteroatoms. The van der Waals surface area contributed by atoms with Gasteiger partial charge >= 0.3 is 0 Å². The molecule has 0 spiro atoms. The first-order valence-corrected chi connectivity index (χ1v) is 5.04. The van der Waals surface area contributed by atoms with Crippen molar-refractivity contribution in [3.63, 3.8) is 0 Å². The number of aryl methyl sites for hydroxylation is 1. The maximum Gasteiger partial charge on any atom is 0.287 e. The van der Waals surface area contributed by atoms with Crippen LogP contribution in [0.4, 0.5) is 5.69 Å². The van der Waals surface area contributed by atoms with Crippen molar-refractivity contribution in [1.29, 1.82) is 0 Å². The van der Waals surface area contributed by atoms with Crippen molar-refractivity contribution in [3.8, 4) is 0 Å². The molecule has 1 heterocycles. The van der Waals surface area contributed by atoms with Gasteiger partial charge in [-0.2, -0.15) is 5.10 Å². The van der Waals surface area contributed by atoms with Crippen LogP contribution in [0.25, 0.3) is 0 Å². The molecule has 0 aliphatic heterocycles. The SMILES string of the molecule is CC(O)CCNc1cnn(C)c(=O)c1Cl. The number of hydrogen-bond acceptors (Lipinski definition) is 4. The lowest BCUT2D eigenvalue weighted by molar-refractivity contribution is 0.189. The van der Waals surface area contributed by atoms with Gasteiger partial charge in [0.25, 0.3) is 5.56 Å². The Kier molecular flexibility index (Phi) is 4.11. The Hall–Kier alpha value is -1.07. The summed E-state index contributed by atoms with van der Waals surface area (Å²) in [6.07, 6.45) is 1.70. The Balaban J connectivity index is 2.71. The minimum Gasteiger partial charge on any atom is -0.393 e. The summed E-state index contributed by atoms with van der Waals surface area (Å²) in [5.74, 6) is 0. The van der Waals surface area contributed by atoms with Crippen LogP contribution in [-0.2, 0) is 7.05 Å². The lowest BCUT2D eigenvalue weighted by Gasteiger charge is -2.09. The average Bonchev–Trinajstić information content (AvgIpc) is 2.18. The second-order valence-corrected chi connectivity index (χ2v) is 3.74. The molecular weight excluding hydrogens is 218 g/mol. The van der Waals surface area contributed by atoms with E-state index in [1.165, 1.54) is 17.9 Å². The minimum atomic E-state index is -0.379. The summed E-state index contributed by atoms with van der Waals surface area (Å²) in [7, 11) is 1.54. The average molecular weight is 232 g/mol. The molecule has 1 rings (SSSR count). The maximum absolute atomic E-state index is 11.4. The predicted octanol–water partition coefficient (Wildman–Crippen LogP) is 0.616. The topological polar surface area (TPSA) is 67.2 Å². The van der Waals surface area contributed by atoms with E-state index in [0.29, 0.717) is 18.7 Å². The smallest absolute Gasteiger partial charge is 0.287 e. The summed E-state index contributed by atoms with van der Waals surface area (Å²) < 4.78 is 1.17.